The Hall–Kier alpha value is -1.25. The van der Waals surface area contributed by atoms with Gasteiger partial charge in [0.15, 0.2) is 11.5 Å². The second kappa shape index (κ2) is 7.09. The Morgan fingerprint density at radius 1 is 1.25 bits per heavy atom. The van der Waals surface area contributed by atoms with Gasteiger partial charge in [0.2, 0.25) is 0 Å². The van der Waals surface area contributed by atoms with Gasteiger partial charge < -0.3 is 9.47 Å². The molecule has 3 heteroatoms. The normalized spacial score (nSPS) is 10.2. The molecule has 0 amide bonds. The highest BCUT2D eigenvalue weighted by atomic mass is 19.1. The molecule has 1 rings (SSSR count). The van der Waals surface area contributed by atoms with Crippen molar-refractivity contribution in [3.63, 3.8) is 0 Å². The number of ether oxygens (including phenoxy) is 2. The van der Waals surface area contributed by atoms with E-state index < -0.39 is 0 Å². The molecule has 0 aliphatic rings. The molecule has 1 aromatic rings. The Bertz CT molecular complexity index is 313. The maximum atomic E-state index is 12.1. The minimum absolute atomic E-state index is 0.281. The number of alkyl halides is 1. The van der Waals surface area contributed by atoms with E-state index in [0.717, 1.165) is 29.9 Å². The van der Waals surface area contributed by atoms with Gasteiger partial charge in [0.25, 0.3) is 0 Å². The molecule has 0 heterocycles. The van der Waals surface area contributed by atoms with Gasteiger partial charge in [-0.25, -0.2) is 0 Å². The van der Waals surface area contributed by atoms with E-state index in [4.69, 9.17) is 9.47 Å². The van der Waals surface area contributed by atoms with Crippen LogP contribution < -0.4 is 9.47 Å². The first-order valence-corrected chi connectivity index (χ1v) is 5.67. The molecular weight excluding hydrogens is 207 g/mol. The SMILES string of the molecule is CCCOc1ccc(CCCF)cc1OC. The average molecular weight is 226 g/mol. The molecule has 2 nitrogen and oxygen atoms in total. The van der Waals surface area contributed by atoms with Gasteiger partial charge in [-0.15, -0.1) is 0 Å². The third-order valence-corrected chi connectivity index (χ3v) is 2.29. The number of aryl methyl sites for hydroxylation is 1. The third kappa shape index (κ3) is 3.72. The molecule has 0 aliphatic heterocycles. The van der Waals surface area contributed by atoms with E-state index in [1.807, 2.05) is 18.2 Å². The number of halogens is 1. The largest absolute Gasteiger partial charge is 0.493 e. The van der Waals surface area contributed by atoms with Crippen molar-refractivity contribution < 1.29 is 13.9 Å². The first-order valence-electron chi connectivity index (χ1n) is 5.67. The Balaban J connectivity index is 2.71. The Labute approximate surface area is 96.4 Å². The molecule has 0 aliphatic carbocycles. The van der Waals surface area contributed by atoms with Crippen molar-refractivity contribution >= 4 is 0 Å². The molecule has 0 aromatic heterocycles. The van der Waals surface area contributed by atoms with Crippen molar-refractivity contribution in [3.8, 4) is 11.5 Å². The molecule has 16 heavy (non-hydrogen) atoms. The van der Waals surface area contributed by atoms with Crippen LogP contribution in [0.3, 0.4) is 0 Å². The monoisotopic (exact) mass is 226 g/mol. The number of rotatable bonds is 7. The minimum atomic E-state index is -0.281. The summed E-state index contributed by atoms with van der Waals surface area (Å²) in [6.45, 7) is 2.46. The lowest BCUT2D eigenvalue weighted by Gasteiger charge is -2.11. The summed E-state index contributed by atoms with van der Waals surface area (Å²) in [6.07, 6.45) is 2.26. The summed E-state index contributed by atoms with van der Waals surface area (Å²) < 4.78 is 22.8. The van der Waals surface area contributed by atoms with E-state index in [0.29, 0.717) is 13.0 Å². The average Bonchev–Trinajstić information content (AvgIpc) is 2.34. The lowest BCUT2D eigenvalue weighted by Crippen LogP contribution is -1.98. The summed E-state index contributed by atoms with van der Waals surface area (Å²) in [5.41, 5.74) is 1.08. The first kappa shape index (κ1) is 12.8. The van der Waals surface area contributed by atoms with E-state index in [-0.39, 0.29) is 6.67 Å². The summed E-state index contributed by atoms with van der Waals surface area (Å²) >= 11 is 0. The fraction of sp³-hybridized carbons (Fsp3) is 0.538. The predicted molar refractivity (Wildman–Crippen MR) is 63.1 cm³/mol. The highest BCUT2D eigenvalue weighted by Gasteiger charge is 2.05. The number of methoxy groups -OCH3 is 1. The molecule has 0 radical (unpaired) electrons. The van der Waals surface area contributed by atoms with Crippen LogP contribution in [0.5, 0.6) is 11.5 Å². The molecule has 0 saturated carbocycles. The number of benzene rings is 1. The molecule has 90 valence electrons. The molecule has 1 aromatic carbocycles. The fourth-order valence-electron chi connectivity index (χ4n) is 1.47. The molecule has 0 unspecified atom stereocenters. The second-order valence-electron chi connectivity index (χ2n) is 3.63. The summed E-state index contributed by atoms with van der Waals surface area (Å²) in [5.74, 6) is 1.48. The molecule has 0 N–H and O–H groups in total. The zero-order valence-corrected chi connectivity index (χ0v) is 9.96. The van der Waals surface area contributed by atoms with Crippen molar-refractivity contribution in [2.45, 2.75) is 26.2 Å². The molecular formula is C13H19FO2. The van der Waals surface area contributed by atoms with Crippen molar-refractivity contribution in [3.05, 3.63) is 23.8 Å². The van der Waals surface area contributed by atoms with Crippen LogP contribution in [0.1, 0.15) is 25.3 Å². The van der Waals surface area contributed by atoms with Gasteiger partial charge in [-0.1, -0.05) is 13.0 Å². The van der Waals surface area contributed by atoms with E-state index in [9.17, 15) is 4.39 Å². The Morgan fingerprint density at radius 2 is 2.06 bits per heavy atom. The van der Waals surface area contributed by atoms with Crippen molar-refractivity contribution in [1.29, 1.82) is 0 Å². The number of hydrogen-bond acceptors (Lipinski definition) is 2. The highest BCUT2D eigenvalue weighted by Crippen LogP contribution is 2.28. The summed E-state index contributed by atoms with van der Waals surface area (Å²) in [5, 5.41) is 0. The van der Waals surface area contributed by atoms with Gasteiger partial charge in [0.1, 0.15) is 0 Å². The zero-order chi connectivity index (χ0) is 11.8. The van der Waals surface area contributed by atoms with Crippen molar-refractivity contribution in [1.82, 2.24) is 0 Å². The molecule has 0 bridgehead atoms. The van der Waals surface area contributed by atoms with Gasteiger partial charge in [-0.3, -0.25) is 4.39 Å². The lowest BCUT2D eigenvalue weighted by molar-refractivity contribution is 0.294. The Morgan fingerprint density at radius 3 is 2.69 bits per heavy atom. The molecule has 0 atom stereocenters. The van der Waals surface area contributed by atoms with Gasteiger partial charge in [-0.2, -0.15) is 0 Å². The number of hydrogen-bond donors (Lipinski definition) is 0. The Kier molecular flexibility index (Phi) is 5.68. The van der Waals surface area contributed by atoms with Gasteiger partial charge >= 0.3 is 0 Å². The molecule has 0 saturated heterocycles. The zero-order valence-electron chi connectivity index (χ0n) is 9.96. The van der Waals surface area contributed by atoms with Crippen LogP contribution in [0.4, 0.5) is 4.39 Å². The summed E-state index contributed by atoms with van der Waals surface area (Å²) in [7, 11) is 1.62. The van der Waals surface area contributed by atoms with Crippen LogP contribution in [-0.4, -0.2) is 20.4 Å². The summed E-state index contributed by atoms with van der Waals surface area (Å²) in [4.78, 5) is 0. The minimum Gasteiger partial charge on any atom is -0.493 e. The van der Waals surface area contributed by atoms with Crippen LogP contribution >= 0.6 is 0 Å². The fourth-order valence-corrected chi connectivity index (χ4v) is 1.47. The van der Waals surface area contributed by atoms with Crippen molar-refractivity contribution in [2.24, 2.45) is 0 Å². The van der Waals surface area contributed by atoms with E-state index >= 15 is 0 Å². The quantitative estimate of drug-likeness (QED) is 0.709. The van der Waals surface area contributed by atoms with E-state index in [1.54, 1.807) is 7.11 Å². The van der Waals surface area contributed by atoms with Crippen molar-refractivity contribution in [2.75, 3.05) is 20.4 Å². The summed E-state index contributed by atoms with van der Waals surface area (Å²) in [6, 6.07) is 5.77. The lowest BCUT2D eigenvalue weighted by atomic mass is 10.1. The van der Waals surface area contributed by atoms with Crippen LogP contribution in [0.2, 0.25) is 0 Å². The first-order chi connectivity index (χ1) is 7.81. The van der Waals surface area contributed by atoms with E-state index in [1.165, 1.54) is 0 Å². The molecule has 0 fully saturated rings. The van der Waals surface area contributed by atoms with Gasteiger partial charge in [0, 0.05) is 0 Å². The van der Waals surface area contributed by atoms with Crippen LogP contribution in [-0.2, 0) is 6.42 Å². The standard InChI is InChI=1S/C13H19FO2/c1-3-9-16-12-7-6-11(5-4-8-14)10-13(12)15-2/h6-7,10H,3-5,8-9H2,1-2H3. The smallest absolute Gasteiger partial charge is 0.161 e. The van der Waals surface area contributed by atoms with Crippen LogP contribution in [0.15, 0.2) is 18.2 Å². The van der Waals surface area contributed by atoms with Gasteiger partial charge in [0.05, 0.1) is 20.4 Å². The topological polar surface area (TPSA) is 18.5 Å². The maximum Gasteiger partial charge on any atom is 0.161 e. The second-order valence-corrected chi connectivity index (χ2v) is 3.63. The molecule has 0 spiro atoms. The maximum absolute atomic E-state index is 12.1. The van der Waals surface area contributed by atoms with Crippen LogP contribution in [0.25, 0.3) is 0 Å². The predicted octanol–water partition coefficient (Wildman–Crippen LogP) is 3.39. The van der Waals surface area contributed by atoms with Gasteiger partial charge in [-0.05, 0) is 37.0 Å². The van der Waals surface area contributed by atoms with E-state index in [2.05, 4.69) is 6.92 Å². The third-order valence-electron chi connectivity index (χ3n) is 2.29. The van der Waals surface area contributed by atoms with Crippen LogP contribution in [0, 0.1) is 0 Å². The highest BCUT2D eigenvalue weighted by molar-refractivity contribution is 5.43.